The first-order valence-corrected chi connectivity index (χ1v) is 7.86. The zero-order valence-electron chi connectivity index (χ0n) is 11.7. The van der Waals surface area contributed by atoms with Crippen molar-refractivity contribution < 1.29 is 14.3 Å². The molecule has 0 saturated heterocycles. The lowest BCUT2D eigenvalue weighted by atomic mass is 10.1. The van der Waals surface area contributed by atoms with Crippen molar-refractivity contribution in [3.63, 3.8) is 0 Å². The highest BCUT2D eigenvalue weighted by atomic mass is 32.1. The van der Waals surface area contributed by atoms with Crippen LogP contribution in [0.4, 0.5) is 4.39 Å². The summed E-state index contributed by atoms with van der Waals surface area (Å²) in [5, 5.41) is 14.0. The normalized spacial score (nSPS) is 20.3. The van der Waals surface area contributed by atoms with Crippen LogP contribution in [0.25, 0.3) is 10.6 Å². The van der Waals surface area contributed by atoms with E-state index in [1.165, 1.54) is 17.4 Å². The van der Waals surface area contributed by atoms with Crippen molar-refractivity contribution in [2.75, 3.05) is 6.61 Å². The number of benzene rings is 1. The molecule has 1 aliphatic rings. The van der Waals surface area contributed by atoms with Gasteiger partial charge in [0.05, 0.1) is 0 Å². The number of amides is 1. The minimum Gasteiger partial charge on any atom is -0.396 e. The third-order valence-electron chi connectivity index (χ3n) is 3.56. The summed E-state index contributed by atoms with van der Waals surface area (Å²) < 4.78 is 13.7. The van der Waals surface area contributed by atoms with E-state index in [1.807, 2.05) is 12.2 Å². The number of aromatic nitrogens is 1. The molecule has 2 atom stereocenters. The van der Waals surface area contributed by atoms with Gasteiger partial charge in [0.25, 0.3) is 5.91 Å². The van der Waals surface area contributed by atoms with Gasteiger partial charge < -0.3 is 10.4 Å². The van der Waals surface area contributed by atoms with E-state index in [0.29, 0.717) is 17.0 Å². The first kappa shape index (κ1) is 14.9. The summed E-state index contributed by atoms with van der Waals surface area (Å²) >= 11 is 1.24. The van der Waals surface area contributed by atoms with Gasteiger partial charge in [-0.05, 0) is 18.6 Å². The summed E-state index contributed by atoms with van der Waals surface area (Å²) in [5.41, 5.74) is 0.678. The number of rotatable bonds is 4. The predicted octanol–water partition coefficient (Wildman–Crippen LogP) is 2.62. The number of nitrogens with zero attached hydrogens (tertiary/aromatic N) is 1. The zero-order valence-corrected chi connectivity index (χ0v) is 12.5. The molecule has 0 unspecified atom stereocenters. The Hall–Kier alpha value is -2.05. The maximum Gasteiger partial charge on any atom is 0.271 e. The molecule has 2 aromatic rings. The summed E-state index contributed by atoms with van der Waals surface area (Å²) in [6.07, 6.45) is 4.46. The molecule has 0 radical (unpaired) electrons. The lowest BCUT2D eigenvalue weighted by Crippen LogP contribution is -2.33. The summed E-state index contributed by atoms with van der Waals surface area (Å²) in [6, 6.07) is 6.27. The lowest BCUT2D eigenvalue weighted by molar-refractivity contribution is 0.0937. The van der Waals surface area contributed by atoms with Crippen LogP contribution in [-0.2, 0) is 0 Å². The summed E-state index contributed by atoms with van der Waals surface area (Å²) in [5.74, 6) is -0.546. The summed E-state index contributed by atoms with van der Waals surface area (Å²) in [7, 11) is 0. The quantitative estimate of drug-likeness (QED) is 0.852. The predicted molar refractivity (Wildman–Crippen MR) is 83.1 cm³/mol. The van der Waals surface area contributed by atoms with Crippen LogP contribution in [0.5, 0.6) is 0 Å². The van der Waals surface area contributed by atoms with Crippen LogP contribution in [0, 0.1) is 11.7 Å². The van der Waals surface area contributed by atoms with Gasteiger partial charge >= 0.3 is 0 Å². The van der Waals surface area contributed by atoms with E-state index in [2.05, 4.69) is 10.3 Å². The Balaban J connectivity index is 1.70. The number of aliphatic hydroxyl groups is 1. The van der Waals surface area contributed by atoms with E-state index >= 15 is 0 Å². The zero-order chi connectivity index (χ0) is 15.5. The number of carbonyl (C=O) groups excluding carboxylic acids is 1. The van der Waals surface area contributed by atoms with E-state index in [0.717, 1.165) is 0 Å². The van der Waals surface area contributed by atoms with Crippen LogP contribution in [0.1, 0.15) is 16.9 Å². The molecule has 114 valence electrons. The molecule has 0 saturated carbocycles. The maximum absolute atomic E-state index is 13.7. The molecule has 0 aliphatic heterocycles. The van der Waals surface area contributed by atoms with E-state index < -0.39 is 0 Å². The van der Waals surface area contributed by atoms with E-state index in [9.17, 15) is 9.18 Å². The van der Waals surface area contributed by atoms with Gasteiger partial charge in [-0.3, -0.25) is 4.79 Å². The second-order valence-electron chi connectivity index (χ2n) is 5.16. The van der Waals surface area contributed by atoms with Crippen molar-refractivity contribution in [1.82, 2.24) is 10.3 Å². The first-order valence-electron chi connectivity index (χ1n) is 6.98. The van der Waals surface area contributed by atoms with Crippen LogP contribution in [-0.4, -0.2) is 28.6 Å². The van der Waals surface area contributed by atoms with Crippen molar-refractivity contribution in [1.29, 1.82) is 0 Å². The number of thiazole rings is 1. The average molecular weight is 318 g/mol. The fraction of sp³-hybridized carbons (Fsp3) is 0.250. The number of nitrogens with one attached hydrogen (secondary N) is 1. The van der Waals surface area contributed by atoms with Crippen LogP contribution in [0.3, 0.4) is 0 Å². The van der Waals surface area contributed by atoms with Crippen molar-refractivity contribution in [3.8, 4) is 10.6 Å². The van der Waals surface area contributed by atoms with Gasteiger partial charge in [-0.1, -0.05) is 24.3 Å². The van der Waals surface area contributed by atoms with Gasteiger partial charge in [0.1, 0.15) is 16.5 Å². The Labute approximate surface area is 131 Å². The maximum atomic E-state index is 13.7. The minimum atomic E-state index is -0.353. The van der Waals surface area contributed by atoms with E-state index in [1.54, 1.807) is 23.6 Å². The monoisotopic (exact) mass is 318 g/mol. The van der Waals surface area contributed by atoms with Gasteiger partial charge in [0.15, 0.2) is 0 Å². The third kappa shape index (κ3) is 3.08. The Morgan fingerprint density at radius 3 is 2.95 bits per heavy atom. The molecule has 1 heterocycles. The molecule has 1 aliphatic carbocycles. The van der Waals surface area contributed by atoms with Crippen molar-refractivity contribution in [3.05, 3.63) is 53.3 Å². The lowest BCUT2D eigenvalue weighted by Gasteiger charge is -2.11. The number of hydrogen-bond acceptors (Lipinski definition) is 4. The van der Waals surface area contributed by atoms with E-state index in [-0.39, 0.29) is 36.0 Å². The molecule has 4 nitrogen and oxygen atoms in total. The number of aliphatic hydroxyl groups excluding tert-OH is 1. The molecular formula is C16H15FN2O2S. The van der Waals surface area contributed by atoms with Gasteiger partial charge in [0.2, 0.25) is 0 Å². The molecule has 1 amide bonds. The molecule has 3 rings (SSSR count). The van der Waals surface area contributed by atoms with Gasteiger partial charge in [0, 0.05) is 29.5 Å². The molecule has 6 heteroatoms. The Morgan fingerprint density at radius 1 is 1.41 bits per heavy atom. The van der Waals surface area contributed by atoms with Gasteiger partial charge in [-0.25, -0.2) is 9.37 Å². The van der Waals surface area contributed by atoms with Crippen molar-refractivity contribution in [2.45, 2.75) is 12.5 Å². The Morgan fingerprint density at radius 2 is 2.23 bits per heavy atom. The molecular weight excluding hydrogens is 303 g/mol. The van der Waals surface area contributed by atoms with E-state index in [4.69, 9.17) is 5.11 Å². The van der Waals surface area contributed by atoms with Crippen LogP contribution in [0.15, 0.2) is 41.8 Å². The molecule has 0 fully saturated rings. The second kappa shape index (κ2) is 6.37. The third-order valence-corrected chi connectivity index (χ3v) is 4.44. The molecule has 1 aromatic heterocycles. The molecule has 0 spiro atoms. The number of hydrogen-bond donors (Lipinski definition) is 2. The van der Waals surface area contributed by atoms with Gasteiger partial charge in [-0.15, -0.1) is 11.3 Å². The van der Waals surface area contributed by atoms with Crippen LogP contribution >= 0.6 is 11.3 Å². The highest BCUT2D eigenvalue weighted by Gasteiger charge is 2.21. The summed E-state index contributed by atoms with van der Waals surface area (Å²) in [4.78, 5) is 16.4. The fourth-order valence-electron chi connectivity index (χ4n) is 2.40. The smallest absolute Gasteiger partial charge is 0.271 e. The number of halogens is 1. The minimum absolute atomic E-state index is 0.0804. The Kier molecular flexibility index (Phi) is 4.31. The highest BCUT2D eigenvalue weighted by Crippen LogP contribution is 2.26. The van der Waals surface area contributed by atoms with Crippen molar-refractivity contribution >= 4 is 17.2 Å². The van der Waals surface area contributed by atoms with Crippen LogP contribution in [0.2, 0.25) is 0 Å². The molecule has 2 N–H and O–H groups in total. The molecule has 0 bridgehead atoms. The Bertz CT molecular complexity index is 714. The highest BCUT2D eigenvalue weighted by molar-refractivity contribution is 7.13. The standard InChI is InChI=1S/C16H15FN2O2S/c17-13-4-2-1-3-12(13)16-19-14(9-22-16)15(21)18-11-6-5-10(7-11)8-20/h1-6,9-11,20H,7-8H2,(H,18,21)/t10-,11+/m0/s1. The van der Waals surface area contributed by atoms with Crippen LogP contribution < -0.4 is 5.32 Å². The topological polar surface area (TPSA) is 62.2 Å². The SMILES string of the molecule is O=C(N[C@@H]1C=C[C@H](CO)C1)c1csc(-c2ccccc2F)n1. The molecule has 22 heavy (non-hydrogen) atoms. The first-order chi connectivity index (χ1) is 10.7. The summed E-state index contributed by atoms with van der Waals surface area (Å²) in [6.45, 7) is 0.0804. The number of carbonyl (C=O) groups is 1. The fourth-order valence-corrected chi connectivity index (χ4v) is 3.22. The van der Waals surface area contributed by atoms with Gasteiger partial charge in [-0.2, -0.15) is 0 Å². The average Bonchev–Trinajstić information content (AvgIpc) is 3.16. The van der Waals surface area contributed by atoms with Crippen molar-refractivity contribution in [2.24, 2.45) is 5.92 Å². The molecule has 1 aromatic carbocycles. The largest absolute Gasteiger partial charge is 0.396 e. The second-order valence-corrected chi connectivity index (χ2v) is 6.02.